The molecule has 0 unspecified atom stereocenters. The van der Waals surface area contributed by atoms with Crippen LogP contribution in [-0.4, -0.2) is 42.3 Å². The van der Waals surface area contributed by atoms with Crippen LogP contribution in [0.4, 0.5) is 5.69 Å². The molecule has 0 radical (unpaired) electrons. The van der Waals surface area contributed by atoms with E-state index in [1.54, 1.807) is 48.5 Å². The normalized spacial score (nSPS) is 17.6. The molecule has 204 valence electrons. The highest BCUT2D eigenvalue weighted by molar-refractivity contribution is 6.03. The standard InChI is InChI=1S/C31H34N2O6/c1-2-37-25-18-14-23(15-19-25)33(31(36)28-20-38-26-10-6-7-11-27(26)39-28)29(21-12-16-24(34)17-13-21)30(35)32-22-8-4-3-5-9-22/h6-7,10-19,22,28-29,34H,2-5,8-9,20H2,1H3,(H,32,35)/t28-,29+/m0/s1. The zero-order chi connectivity index (χ0) is 27.2. The molecular weight excluding hydrogens is 496 g/mol. The van der Waals surface area contributed by atoms with Crippen molar-refractivity contribution in [3.8, 4) is 23.0 Å². The SMILES string of the molecule is CCOc1ccc(N(C(=O)[C@@H]2COc3ccccc3O2)[C@@H](C(=O)NC2CCCCC2)c2ccc(O)cc2)cc1. The van der Waals surface area contributed by atoms with Gasteiger partial charge >= 0.3 is 0 Å². The van der Waals surface area contributed by atoms with Gasteiger partial charge in [-0.05, 0) is 73.9 Å². The number of benzene rings is 3. The molecule has 3 aromatic carbocycles. The molecule has 8 heteroatoms. The van der Waals surface area contributed by atoms with Gasteiger partial charge in [0.05, 0.1) is 6.61 Å². The Hall–Kier alpha value is -4.20. The minimum absolute atomic E-state index is 0.00984. The second-order valence-corrected chi connectivity index (χ2v) is 9.84. The number of fused-ring (bicyclic) bond motifs is 1. The molecule has 2 aliphatic rings. The van der Waals surface area contributed by atoms with Gasteiger partial charge in [-0.2, -0.15) is 0 Å². The minimum atomic E-state index is -1.00. The quantitative estimate of drug-likeness (QED) is 0.418. The molecule has 1 heterocycles. The van der Waals surface area contributed by atoms with Crippen LogP contribution in [0.5, 0.6) is 23.0 Å². The first-order valence-corrected chi connectivity index (χ1v) is 13.6. The van der Waals surface area contributed by atoms with E-state index in [4.69, 9.17) is 14.2 Å². The number of amides is 2. The molecule has 8 nitrogen and oxygen atoms in total. The van der Waals surface area contributed by atoms with Crippen molar-refractivity contribution in [3.05, 3.63) is 78.4 Å². The molecule has 0 saturated heterocycles. The fourth-order valence-electron chi connectivity index (χ4n) is 5.17. The molecule has 3 aromatic rings. The van der Waals surface area contributed by atoms with Crippen LogP contribution in [0.15, 0.2) is 72.8 Å². The van der Waals surface area contributed by atoms with E-state index in [0.717, 1.165) is 32.1 Å². The van der Waals surface area contributed by atoms with Crippen LogP contribution in [0.1, 0.15) is 50.6 Å². The lowest BCUT2D eigenvalue weighted by atomic mass is 9.94. The fraction of sp³-hybridized carbons (Fsp3) is 0.355. The third kappa shape index (κ3) is 6.11. The molecule has 1 aliphatic heterocycles. The van der Waals surface area contributed by atoms with Crippen molar-refractivity contribution in [2.45, 2.75) is 57.2 Å². The van der Waals surface area contributed by atoms with Gasteiger partial charge in [-0.1, -0.05) is 43.5 Å². The number of nitrogens with one attached hydrogen (secondary N) is 1. The number of anilines is 1. The Morgan fingerprint density at radius 1 is 0.974 bits per heavy atom. The highest BCUT2D eigenvalue weighted by atomic mass is 16.6. The monoisotopic (exact) mass is 530 g/mol. The predicted octanol–water partition coefficient (Wildman–Crippen LogP) is 5.15. The predicted molar refractivity (Wildman–Crippen MR) is 147 cm³/mol. The first-order valence-electron chi connectivity index (χ1n) is 13.6. The maximum absolute atomic E-state index is 14.3. The van der Waals surface area contributed by atoms with Gasteiger partial charge in [0, 0.05) is 11.7 Å². The first kappa shape index (κ1) is 26.4. The third-order valence-electron chi connectivity index (χ3n) is 7.11. The number of aromatic hydroxyl groups is 1. The molecule has 2 N–H and O–H groups in total. The van der Waals surface area contributed by atoms with Crippen LogP contribution in [0.3, 0.4) is 0 Å². The summed E-state index contributed by atoms with van der Waals surface area (Å²) in [6.07, 6.45) is 4.12. The van der Waals surface area contributed by atoms with Gasteiger partial charge in [0.2, 0.25) is 12.0 Å². The Morgan fingerprint density at radius 2 is 1.67 bits per heavy atom. The van der Waals surface area contributed by atoms with Crippen LogP contribution in [-0.2, 0) is 9.59 Å². The maximum Gasteiger partial charge on any atom is 0.272 e. The average Bonchev–Trinajstić information content (AvgIpc) is 2.97. The van der Waals surface area contributed by atoms with Crippen molar-refractivity contribution in [1.82, 2.24) is 5.32 Å². The molecule has 1 fully saturated rings. The number of nitrogens with zero attached hydrogens (tertiary/aromatic N) is 1. The summed E-state index contributed by atoms with van der Waals surface area (Å²) in [4.78, 5) is 29.7. The Kier molecular flexibility index (Phi) is 8.20. The van der Waals surface area contributed by atoms with E-state index >= 15 is 0 Å². The summed E-state index contributed by atoms with van der Waals surface area (Å²) in [7, 11) is 0. The van der Waals surface area contributed by atoms with Crippen molar-refractivity contribution >= 4 is 17.5 Å². The molecule has 0 aromatic heterocycles. The van der Waals surface area contributed by atoms with E-state index in [0.29, 0.717) is 35.1 Å². The highest BCUT2D eigenvalue weighted by Crippen LogP contribution is 2.35. The summed E-state index contributed by atoms with van der Waals surface area (Å²) in [5, 5.41) is 13.1. The molecule has 1 aliphatic carbocycles. The van der Waals surface area contributed by atoms with Crippen LogP contribution in [0, 0.1) is 0 Å². The van der Waals surface area contributed by atoms with Gasteiger partial charge in [0.25, 0.3) is 5.91 Å². The van der Waals surface area contributed by atoms with E-state index in [2.05, 4.69) is 5.32 Å². The van der Waals surface area contributed by atoms with Gasteiger partial charge in [0.1, 0.15) is 24.1 Å². The summed E-state index contributed by atoms with van der Waals surface area (Å²) in [5.41, 5.74) is 1.09. The number of carbonyl (C=O) groups is 2. The molecule has 1 saturated carbocycles. The molecule has 0 spiro atoms. The smallest absolute Gasteiger partial charge is 0.272 e. The number of phenols is 1. The van der Waals surface area contributed by atoms with Crippen molar-refractivity contribution in [3.63, 3.8) is 0 Å². The molecule has 0 bridgehead atoms. The van der Waals surface area contributed by atoms with E-state index in [1.165, 1.54) is 17.0 Å². The van der Waals surface area contributed by atoms with Gasteiger partial charge in [0.15, 0.2) is 11.5 Å². The van der Waals surface area contributed by atoms with Gasteiger partial charge < -0.3 is 24.6 Å². The van der Waals surface area contributed by atoms with Crippen molar-refractivity contribution in [2.24, 2.45) is 0 Å². The summed E-state index contributed by atoms with van der Waals surface area (Å²) in [5.74, 6) is 1.08. The van der Waals surface area contributed by atoms with E-state index in [1.807, 2.05) is 19.1 Å². The summed E-state index contributed by atoms with van der Waals surface area (Å²) in [6.45, 7) is 2.42. The number of rotatable bonds is 8. The third-order valence-corrected chi connectivity index (χ3v) is 7.11. The molecule has 39 heavy (non-hydrogen) atoms. The van der Waals surface area contributed by atoms with Gasteiger partial charge in [-0.3, -0.25) is 14.5 Å². The molecule has 2 amide bonds. The second kappa shape index (κ2) is 12.1. The van der Waals surface area contributed by atoms with E-state index < -0.39 is 18.1 Å². The highest BCUT2D eigenvalue weighted by Gasteiger charge is 2.39. The van der Waals surface area contributed by atoms with Crippen LogP contribution < -0.4 is 24.4 Å². The lowest BCUT2D eigenvalue weighted by molar-refractivity contribution is -0.132. The number of phenolic OH excluding ortho intramolecular Hbond substituents is 1. The van der Waals surface area contributed by atoms with Crippen molar-refractivity contribution in [1.29, 1.82) is 0 Å². The number of para-hydroxylation sites is 2. The molecular formula is C31H34N2O6. The fourth-order valence-corrected chi connectivity index (χ4v) is 5.17. The topological polar surface area (TPSA) is 97.3 Å². The van der Waals surface area contributed by atoms with E-state index in [-0.39, 0.29) is 24.3 Å². The summed E-state index contributed by atoms with van der Waals surface area (Å²) < 4.78 is 17.5. The van der Waals surface area contributed by atoms with Crippen LogP contribution >= 0.6 is 0 Å². The second-order valence-electron chi connectivity index (χ2n) is 9.84. The van der Waals surface area contributed by atoms with E-state index in [9.17, 15) is 14.7 Å². The Labute approximate surface area is 228 Å². The lowest BCUT2D eigenvalue weighted by Gasteiger charge is -2.36. The summed E-state index contributed by atoms with van der Waals surface area (Å²) in [6, 6.07) is 19.7. The molecule has 5 rings (SSSR count). The lowest BCUT2D eigenvalue weighted by Crippen LogP contribution is -2.52. The Balaban J connectivity index is 1.54. The Morgan fingerprint density at radius 3 is 2.36 bits per heavy atom. The number of hydrogen-bond acceptors (Lipinski definition) is 6. The van der Waals surface area contributed by atoms with Gasteiger partial charge in [-0.15, -0.1) is 0 Å². The number of carbonyl (C=O) groups excluding carboxylic acids is 2. The Bertz CT molecular complexity index is 1270. The zero-order valence-corrected chi connectivity index (χ0v) is 22.0. The first-order chi connectivity index (χ1) is 19.0. The number of hydrogen-bond donors (Lipinski definition) is 2. The van der Waals surface area contributed by atoms with Gasteiger partial charge in [-0.25, -0.2) is 0 Å². The van der Waals surface area contributed by atoms with Crippen molar-refractivity contribution < 1.29 is 28.9 Å². The zero-order valence-electron chi connectivity index (χ0n) is 22.0. The maximum atomic E-state index is 14.3. The van der Waals surface area contributed by atoms with Crippen molar-refractivity contribution in [2.75, 3.05) is 18.1 Å². The minimum Gasteiger partial charge on any atom is -0.508 e. The summed E-state index contributed by atoms with van der Waals surface area (Å²) >= 11 is 0. The van der Waals surface area contributed by atoms with Crippen LogP contribution in [0.2, 0.25) is 0 Å². The number of ether oxygens (including phenoxy) is 3. The van der Waals surface area contributed by atoms with Crippen LogP contribution in [0.25, 0.3) is 0 Å². The average molecular weight is 531 g/mol. The largest absolute Gasteiger partial charge is 0.508 e. The molecule has 2 atom stereocenters.